The highest BCUT2D eigenvalue weighted by molar-refractivity contribution is 5.99. The first kappa shape index (κ1) is 33.6. The van der Waals surface area contributed by atoms with Gasteiger partial charge in [0.05, 0.1) is 30.1 Å². The van der Waals surface area contributed by atoms with Crippen LogP contribution < -0.4 is 0 Å². The molecule has 8 nitrogen and oxygen atoms in total. The molecular weight excluding hydrogens is 578 g/mol. The Kier molecular flexibility index (Phi) is 9.89. The van der Waals surface area contributed by atoms with Crippen molar-refractivity contribution in [2.24, 2.45) is 23.7 Å². The molecule has 2 aromatic carbocycles. The third kappa shape index (κ3) is 5.82. The summed E-state index contributed by atoms with van der Waals surface area (Å²) in [6.45, 7) is 16.9. The summed E-state index contributed by atoms with van der Waals surface area (Å²) >= 11 is 0. The number of aliphatic hydroxyl groups excluding tert-OH is 1. The molecule has 3 saturated heterocycles. The largest absolute Gasteiger partial charge is 0.394 e. The van der Waals surface area contributed by atoms with Gasteiger partial charge in [-0.1, -0.05) is 93.6 Å². The van der Waals surface area contributed by atoms with Gasteiger partial charge in [0, 0.05) is 26.2 Å². The van der Waals surface area contributed by atoms with Gasteiger partial charge in [0.15, 0.2) is 0 Å². The molecule has 5 rings (SSSR count). The van der Waals surface area contributed by atoms with Crippen molar-refractivity contribution in [3.8, 4) is 0 Å². The molecule has 0 saturated carbocycles. The number of aliphatic hydroxyl groups is 1. The van der Waals surface area contributed by atoms with Crippen molar-refractivity contribution in [3.05, 3.63) is 97.1 Å². The molecule has 1 N–H and O–H groups in total. The van der Waals surface area contributed by atoms with Crippen LogP contribution in [0, 0.1) is 23.7 Å². The molecule has 2 aromatic rings. The zero-order chi connectivity index (χ0) is 33.2. The monoisotopic (exact) mass is 627 g/mol. The number of nitrogens with zero attached hydrogens (tertiary/aromatic N) is 3. The minimum Gasteiger partial charge on any atom is -0.394 e. The Hall–Kier alpha value is -3.75. The first-order valence-electron chi connectivity index (χ1n) is 16.5. The Labute approximate surface area is 273 Å². The lowest BCUT2D eigenvalue weighted by atomic mass is 9.62. The highest BCUT2D eigenvalue weighted by Gasteiger charge is 2.80. The van der Waals surface area contributed by atoms with Crippen LogP contribution in [0.1, 0.15) is 51.7 Å². The maximum absolute atomic E-state index is 14.9. The van der Waals surface area contributed by atoms with Gasteiger partial charge in [0.1, 0.15) is 11.6 Å². The summed E-state index contributed by atoms with van der Waals surface area (Å²) in [6.07, 6.45) is 4.36. The Morgan fingerprint density at radius 1 is 0.978 bits per heavy atom. The molecule has 3 heterocycles. The zero-order valence-corrected chi connectivity index (χ0v) is 27.7. The minimum atomic E-state index is -1.21. The molecule has 0 radical (unpaired) electrons. The van der Waals surface area contributed by atoms with Crippen LogP contribution in [0.15, 0.2) is 86.0 Å². The normalized spacial score (nSPS) is 28.7. The lowest BCUT2D eigenvalue weighted by Crippen LogP contribution is -2.59. The number of carbonyl (C=O) groups excluding carboxylic acids is 3. The summed E-state index contributed by atoms with van der Waals surface area (Å²) in [5.74, 6) is -2.31. The molecule has 0 aliphatic carbocycles. The number of hydrogen-bond acceptors (Lipinski definition) is 5. The summed E-state index contributed by atoms with van der Waals surface area (Å²) in [5, 5.41) is 10.7. The van der Waals surface area contributed by atoms with E-state index in [1.54, 1.807) is 26.9 Å². The van der Waals surface area contributed by atoms with Gasteiger partial charge in [-0.25, -0.2) is 0 Å². The van der Waals surface area contributed by atoms with E-state index in [0.29, 0.717) is 32.5 Å². The zero-order valence-electron chi connectivity index (χ0n) is 27.7. The minimum absolute atomic E-state index is 0.0947. The molecule has 3 amide bonds. The Bertz CT molecular complexity index is 1430. The van der Waals surface area contributed by atoms with E-state index in [-0.39, 0.29) is 42.7 Å². The molecule has 46 heavy (non-hydrogen) atoms. The summed E-state index contributed by atoms with van der Waals surface area (Å²) in [6, 6.07) is 17.9. The van der Waals surface area contributed by atoms with Gasteiger partial charge >= 0.3 is 0 Å². The van der Waals surface area contributed by atoms with E-state index in [0.717, 1.165) is 11.1 Å². The molecule has 7 atom stereocenters. The van der Waals surface area contributed by atoms with E-state index in [9.17, 15) is 19.5 Å². The van der Waals surface area contributed by atoms with Crippen LogP contribution in [0.3, 0.4) is 0 Å². The van der Waals surface area contributed by atoms with Crippen LogP contribution >= 0.6 is 0 Å². The lowest BCUT2D eigenvalue weighted by Gasteiger charge is -2.40. The van der Waals surface area contributed by atoms with E-state index in [1.807, 2.05) is 81.4 Å². The second-order valence-corrected chi connectivity index (χ2v) is 13.9. The number of amides is 3. The quantitative estimate of drug-likeness (QED) is 0.303. The first-order chi connectivity index (χ1) is 22.0. The van der Waals surface area contributed by atoms with Gasteiger partial charge < -0.3 is 24.5 Å². The van der Waals surface area contributed by atoms with E-state index in [2.05, 4.69) is 20.1 Å². The highest BCUT2D eigenvalue weighted by atomic mass is 16.5. The molecule has 1 spiro atoms. The molecular formula is C38H49N3O5. The van der Waals surface area contributed by atoms with Crippen LogP contribution in [-0.4, -0.2) is 80.5 Å². The third-order valence-corrected chi connectivity index (χ3v) is 10.4. The molecule has 0 aromatic heterocycles. The summed E-state index contributed by atoms with van der Waals surface area (Å²) in [4.78, 5) is 49.5. The molecule has 3 aliphatic rings. The smallest absolute Gasteiger partial charge is 0.249 e. The first-order valence-corrected chi connectivity index (χ1v) is 16.5. The maximum atomic E-state index is 14.9. The Balaban J connectivity index is 1.60. The number of hydrogen-bond donors (Lipinski definition) is 1. The molecule has 8 heteroatoms. The van der Waals surface area contributed by atoms with E-state index in [1.165, 1.54) is 0 Å². The molecule has 3 fully saturated rings. The maximum Gasteiger partial charge on any atom is 0.249 e. The average molecular weight is 628 g/mol. The van der Waals surface area contributed by atoms with Gasteiger partial charge in [-0.3, -0.25) is 14.4 Å². The predicted molar refractivity (Wildman–Crippen MR) is 178 cm³/mol. The van der Waals surface area contributed by atoms with Crippen LogP contribution in [0.2, 0.25) is 0 Å². The number of benzene rings is 2. The van der Waals surface area contributed by atoms with E-state index < -0.39 is 35.1 Å². The van der Waals surface area contributed by atoms with Crippen molar-refractivity contribution in [2.75, 3.05) is 19.7 Å². The number of rotatable bonds is 14. The molecule has 246 valence electrons. The van der Waals surface area contributed by atoms with Crippen LogP contribution in [0.4, 0.5) is 0 Å². The Morgan fingerprint density at radius 2 is 1.50 bits per heavy atom. The number of carbonyl (C=O) groups is 3. The molecule has 3 aliphatic heterocycles. The fourth-order valence-corrected chi connectivity index (χ4v) is 8.30. The number of ether oxygens (including phenoxy) is 1. The van der Waals surface area contributed by atoms with Crippen molar-refractivity contribution >= 4 is 17.7 Å². The standard InChI is InChI=1S/C38H49N3O5/c1-7-19-39(23-28-15-11-9-12-16-28)34(43)31-32-35(44)41(30(25-42)21-26(3)4)33(38(32)22-27(5)37(31,6)46-38)36(45)40(20-8-2)24-29-17-13-10-14-18-29/h7-18,26-27,30-33,42H,1-2,19-25H2,3-6H3/t27?,30-,31-,32+,33?,37+,38?/m1/s1. The van der Waals surface area contributed by atoms with Crippen molar-refractivity contribution in [2.45, 2.75) is 76.9 Å². The van der Waals surface area contributed by atoms with Crippen molar-refractivity contribution < 1.29 is 24.2 Å². The SMILES string of the molecule is C=CCN(Cc1ccccc1)C(=O)C1N([C@@H](CO)CC(C)C)C(=O)[C@@H]2[C@H](C(=O)N(CC=C)Cc3ccccc3)[C@@]3(C)OC12CC3C. The average Bonchev–Trinajstić information content (AvgIpc) is 3.56. The van der Waals surface area contributed by atoms with Gasteiger partial charge in [0.2, 0.25) is 17.7 Å². The van der Waals surface area contributed by atoms with Crippen molar-refractivity contribution in [1.82, 2.24) is 14.7 Å². The summed E-state index contributed by atoms with van der Waals surface area (Å²) < 4.78 is 7.02. The van der Waals surface area contributed by atoms with Gasteiger partial charge in [0.25, 0.3) is 0 Å². The van der Waals surface area contributed by atoms with Gasteiger partial charge in [-0.2, -0.15) is 0 Å². The summed E-state index contributed by atoms with van der Waals surface area (Å²) in [7, 11) is 0. The van der Waals surface area contributed by atoms with Gasteiger partial charge in [-0.15, -0.1) is 13.2 Å². The fourth-order valence-electron chi connectivity index (χ4n) is 8.30. The predicted octanol–water partition coefficient (Wildman–Crippen LogP) is 4.83. The van der Waals surface area contributed by atoms with Crippen molar-refractivity contribution in [1.29, 1.82) is 0 Å². The lowest BCUT2D eigenvalue weighted by molar-refractivity contribution is -0.158. The van der Waals surface area contributed by atoms with Gasteiger partial charge in [-0.05, 0) is 42.7 Å². The number of likely N-dealkylation sites (tertiary alicyclic amines) is 1. The molecule has 3 unspecified atom stereocenters. The van der Waals surface area contributed by atoms with Crippen molar-refractivity contribution in [3.63, 3.8) is 0 Å². The number of fused-ring (bicyclic) bond motifs is 1. The third-order valence-electron chi connectivity index (χ3n) is 10.4. The van der Waals surface area contributed by atoms with E-state index >= 15 is 0 Å². The summed E-state index contributed by atoms with van der Waals surface area (Å²) in [5.41, 5.74) is -0.238. The van der Waals surface area contributed by atoms with Crippen LogP contribution in [0.5, 0.6) is 0 Å². The van der Waals surface area contributed by atoms with Crippen LogP contribution in [-0.2, 0) is 32.2 Å². The topological polar surface area (TPSA) is 90.4 Å². The Morgan fingerprint density at radius 3 is 1.98 bits per heavy atom. The molecule has 2 bridgehead atoms. The highest BCUT2D eigenvalue weighted by Crippen LogP contribution is 2.66. The second-order valence-electron chi connectivity index (χ2n) is 13.9. The van der Waals surface area contributed by atoms with E-state index in [4.69, 9.17) is 4.74 Å². The second kappa shape index (κ2) is 13.5. The fraction of sp³-hybridized carbons (Fsp3) is 0.500. The van der Waals surface area contributed by atoms with Crippen LogP contribution in [0.25, 0.3) is 0 Å².